The van der Waals surface area contributed by atoms with Gasteiger partial charge in [-0.25, -0.2) is 13.8 Å². The van der Waals surface area contributed by atoms with Crippen molar-refractivity contribution in [3.63, 3.8) is 0 Å². The van der Waals surface area contributed by atoms with Crippen molar-refractivity contribution in [2.24, 2.45) is 0 Å². The van der Waals surface area contributed by atoms with Crippen LogP contribution in [0.3, 0.4) is 0 Å². The summed E-state index contributed by atoms with van der Waals surface area (Å²) in [6.07, 6.45) is -5.18. The van der Waals surface area contributed by atoms with Gasteiger partial charge in [0.05, 0.1) is 0 Å². The van der Waals surface area contributed by atoms with E-state index < -0.39 is 35.8 Å². The van der Waals surface area contributed by atoms with Gasteiger partial charge in [0.2, 0.25) is 11.6 Å². The Bertz CT molecular complexity index is 571. The van der Waals surface area contributed by atoms with Gasteiger partial charge in [0, 0.05) is 6.92 Å². The van der Waals surface area contributed by atoms with Gasteiger partial charge in [-0.3, -0.25) is 9.59 Å². The maximum Gasteiger partial charge on any atom is 0.440 e. The third-order valence-electron chi connectivity index (χ3n) is 1.75. The minimum atomic E-state index is -5.18. The molecule has 0 aromatic carbocycles. The molecule has 0 aliphatic heterocycles. The highest BCUT2D eigenvalue weighted by Crippen LogP contribution is 2.23. The van der Waals surface area contributed by atoms with Gasteiger partial charge in [-0.2, -0.15) is 18.3 Å². The topological polar surface area (TPSA) is 74.0 Å². The molecule has 0 unspecified atom stereocenters. The van der Waals surface area contributed by atoms with E-state index in [1.165, 1.54) is 0 Å². The van der Waals surface area contributed by atoms with Gasteiger partial charge in [0.15, 0.2) is 6.80 Å². The first-order valence-electron chi connectivity index (χ1n) is 4.08. The molecule has 6 nitrogen and oxygen atoms in total. The molecule has 0 aliphatic rings. The lowest BCUT2D eigenvalue weighted by molar-refractivity contribution is -0.143. The second kappa shape index (κ2) is 4.11. The number of hydrogen-bond donors (Lipinski definition) is 0. The normalized spacial score (nSPS) is 11.6. The van der Waals surface area contributed by atoms with E-state index in [1.807, 2.05) is 0 Å². The van der Waals surface area contributed by atoms with Gasteiger partial charge in [0.25, 0.3) is 5.56 Å². The molecule has 1 heterocycles. The first-order valence-corrected chi connectivity index (χ1v) is 4.08. The van der Waals surface area contributed by atoms with E-state index in [-0.39, 0.29) is 9.25 Å². The van der Waals surface area contributed by atoms with Crippen LogP contribution < -0.4 is 11.2 Å². The molecule has 17 heavy (non-hydrogen) atoms. The Morgan fingerprint density at radius 3 is 2.24 bits per heavy atom. The van der Waals surface area contributed by atoms with E-state index in [9.17, 15) is 31.9 Å². The number of hydrogen-bond acceptors (Lipinski definition) is 4. The standard InChI is InChI=1S/C7H5F4N3O3/c1-3(15)14-6(17)13(2-8)5(16)4(12-14)7(9,10)11/h2H2,1H3. The van der Waals surface area contributed by atoms with Crippen LogP contribution in [0.4, 0.5) is 17.6 Å². The average molecular weight is 255 g/mol. The number of aromatic nitrogens is 3. The van der Waals surface area contributed by atoms with Gasteiger partial charge in [0.1, 0.15) is 0 Å². The van der Waals surface area contributed by atoms with Gasteiger partial charge < -0.3 is 0 Å². The molecule has 0 fully saturated rings. The predicted octanol–water partition coefficient (Wildman–Crippen LogP) is 0.0109. The highest BCUT2D eigenvalue weighted by molar-refractivity contribution is 5.74. The summed E-state index contributed by atoms with van der Waals surface area (Å²) in [4.78, 5) is 33.1. The first-order chi connectivity index (χ1) is 7.70. The fourth-order valence-electron chi connectivity index (χ4n) is 1.00. The van der Waals surface area contributed by atoms with Crippen LogP contribution in [0.2, 0.25) is 0 Å². The Morgan fingerprint density at radius 1 is 1.35 bits per heavy atom. The van der Waals surface area contributed by atoms with Crippen molar-refractivity contribution in [1.29, 1.82) is 0 Å². The first kappa shape index (κ1) is 13.1. The molecule has 0 bridgehead atoms. The molecule has 0 spiro atoms. The van der Waals surface area contributed by atoms with Crippen molar-refractivity contribution in [1.82, 2.24) is 14.3 Å². The minimum Gasteiger partial charge on any atom is -0.273 e. The van der Waals surface area contributed by atoms with Crippen LogP contribution in [0.5, 0.6) is 0 Å². The summed E-state index contributed by atoms with van der Waals surface area (Å²) in [5.74, 6) is -1.16. The Kier molecular flexibility index (Phi) is 3.16. The fraction of sp³-hybridized carbons (Fsp3) is 0.429. The van der Waals surface area contributed by atoms with Crippen molar-refractivity contribution < 1.29 is 22.4 Å². The number of carbonyl (C=O) groups excluding carboxylic acids is 1. The zero-order valence-electron chi connectivity index (χ0n) is 8.29. The molecule has 0 amide bonds. The van der Waals surface area contributed by atoms with Crippen LogP contribution in [0.25, 0.3) is 0 Å². The van der Waals surface area contributed by atoms with E-state index >= 15 is 0 Å². The van der Waals surface area contributed by atoms with Crippen molar-refractivity contribution >= 4 is 5.91 Å². The number of rotatable bonds is 1. The maximum absolute atomic E-state index is 12.3. The SMILES string of the molecule is CC(=O)n1nc(C(F)(F)F)c(=O)n(CF)c1=O. The molecule has 10 heteroatoms. The second-order valence-electron chi connectivity index (χ2n) is 2.91. The second-order valence-corrected chi connectivity index (χ2v) is 2.91. The summed E-state index contributed by atoms with van der Waals surface area (Å²) >= 11 is 0. The van der Waals surface area contributed by atoms with E-state index in [2.05, 4.69) is 5.10 Å². The average Bonchev–Trinajstić information content (AvgIpc) is 2.15. The number of alkyl halides is 4. The number of halogens is 4. The van der Waals surface area contributed by atoms with E-state index in [4.69, 9.17) is 0 Å². The van der Waals surface area contributed by atoms with Crippen LogP contribution >= 0.6 is 0 Å². The van der Waals surface area contributed by atoms with Crippen molar-refractivity contribution in [2.45, 2.75) is 19.9 Å². The van der Waals surface area contributed by atoms with Crippen molar-refractivity contribution in [3.05, 3.63) is 26.5 Å². The van der Waals surface area contributed by atoms with Crippen LogP contribution in [0.1, 0.15) is 17.4 Å². The summed E-state index contributed by atoms with van der Waals surface area (Å²) < 4.78 is 48.7. The summed E-state index contributed by atoms with van der Waals surface area (Å²) in [6, 6.07) is 0. The molecule has 0 aliphatic carbocycles. The Morgan fingerprint density at radius 2 is 1.88 bits per heavy atom. The smallest absolute Gasteiger partial charge is 0.273 e. The lowest BCUT2D eigenvalue weighted by atomic mass is 10.4. The molecule has 1 rings (SSSR count). The Labute approximate surface area is 90.1 Å². The zero-order valence-corrected chi connectivity index (χ0v) is 8.29. The Hall–Kier alpha value is -2.00. The van der Waals surface area contributed by atoms with Gasteiger partial charge in [-0.1, -0.05) is 0 Å². The van der Waals surface area contributed by atoms with Crippen LogP contribution in [0.15, 0.2) is 9.59 Å². The quantitative estimate of drug-likeness (QED) is 0.662. The lowest BCUT2D eigenvalue weighted by Crippen LogP contribution is -2.46. The highest BCUT2D eigenvalue weighted by atomic mass is 19.4. The van der Waals surface area contributed by atoms with Gasteiger partial charge in [-0.05, 0) is 0 Å². The molecular weight excluding hydrogens is 250 g/mol. The third kappa shape index (κ3) is 2.24. The summed E-state index contributed by atoms with van der Waals surface area (Å²) in [7, 11) is 0. The summed E-state index contributed by atoms with van der Waals surface area (Å²) in [5, 5.41) is 2.58. The molecule has 0 saturated carbocycles. The molecule has 1 aromatic rings. The lowest BCUT2D eigenvalue weighted by Gasteiger charge is -2.09. The molecular formula is C7H5F4N3O3. The van der Waals surface area contributed by atoms with E-state index in [0.29, 0.717) is 0 Å². The van der Waals surface area contributed by atoms with Gasteiger partial charge in [-0.15, -0.1) is 4.68 Å². The summed E-state index contributed by atoms with van der Waals surface area (Å²) in [5.41, 5.74) is -5.51. The fourth-order valence-corrected chi connectivity index (χ4v) is 1.00. The van der Waals surface area contributed by atoms with Crippen LogP contribution in [-0.4, -0.2) is 20.3 Å². The molecule has 1 aromatic heterocycles. The minimum absolute atomic E-state index is 0.218. The predicted molar refractivity (Wildman–Crippen MR) is 45.2 cm³/mol. The van der Waals surface area contributed by atoms with E-state index in [0.717, 1.165) is 6.92 Å². The zero-order chi connectivity index (χ0) is 13.4. The Balaban J connectivity index is 3.78. The maximum atomic E-state index is 12.3. The molecule has 0 N–H and O–H groups in total. The van der Waals surface area contributed by atoms with Gasteiger partial charge >= 0.3 is 11.9 Å². The monoisotopic (exact) mass is 255 g/mol. The largest absolute Gasteiger partial charge is 0.440 e. The highest BCUT2D eigenvalue weighted by Gasteiger charge is 2.38. The number of nitrogens with zero attached hydrogens (tertiary/aromatic N) is 3. The van der Waals surface area contributed by atoms with Crippen LogP contribution in [-0.2, 0) is 13.0 Å². The van der Waals surface area contributed by atoms with Crippen molar-refractivity contribution in [3.8, 4) is 0 Å². The molecule has 94 valence electrons. The van der Waals surface area contributed by atoms with Crippen LogP contribution in [0, 0.1) is 0 Å². The molecule has 0 saturated heterocycles. The third-order valence-corrected chi connectivity index (χ3v) is 1.75. The molecule has 0 atom stereocenters. The van der Waals surface area contributed by atoms with E-state index in [1.54, 1.807) is 0 Å². The summed E-state index contributed by atoms with van der Waals surface area (Å²) in [6.45, 7) is -1.03. The van der Waals surface area contributed by atoms with Crippen molar-refractivity contribution in [2.75, 3.05) is 0 Å². The number of carbonyl (C=O) groups is 1. The molecule has 0 radical (unpaired) electrons.